The van der Waals surface area contributed by atoms with Crippen LogP contribution in [0, 0.1) is 11.6 Å². The Hall–Kier alpha value is -2.61. The summed E-state index contributed by atoms with van der Waals surface area (Å²) in [6.07, 6.45) is 5.23. The number of fused-ring (bicyclic) bond motifs is 1. The van der Waals surface area contributed by atoms with Crippen molar-refractivity contribution in [2.45, 2.75) is 64.7 Å². The van der Waals surface area contributed by atoms with E-state index in [0.29, 0.717) is 18.7 Å². The van der Waals surface area contributed by atoms with E-state index in [4.69, 9.17) is 4.98 Å². The van der Waals surface area contributed by atoms with Crippen molar-refractivity contribution in [3.8, 4) is 0 Å². The maximum Gasteiger partial charge on any atom is 0.137 e. The lowest BCUT2D eigenvalue weighted by Crippen LogP contribution is -2.43. The number of nitrogens with zero attached hydrogens (tertiary/aromatic N) is 6. The van der Waals surface area contributed by atoms with Gasteiger partial charge in [0.05, 0.1) is 18.8 Å². The van der Waals surface area contributed by atoms with E-state index in [-0.39, 0.29) is 17.4 Å². The number of rotatable bonds is 5. The third-order valence-corrected chi connectivity index (χ3v) is 5.97. The zero-order valence-corrected chi connectivity index (χ0v) is 17.9. The van der Waals surface area contributed by atoms with Crippen LogP contribution in [-0.2, 0) is 25.0 Å². The maximum absolute atomic E-state index is 14.7. The molecule has 2 aromatic heterocycles. The largest absolute Gasteiger partial charge is 0.332 e. The average molecular weight is 415 g/mol. The third-order valence-electron chi connectivity index (χ3n) is 5.97. The van der Waals surface area contributed by atoms with E-state index in [2.05, 4.69) is 53.4 Å². The van der Waals surface area contributed by atoms with Gasteiger partial charge in [-0.25, -0.2) is 18.7 Å². The molecule has 160 valence electrons. The van der Waals surface area contributed by atoms with Gasteiger partial charge in [0.15, 0.2) is 0 Å². The van der Waals surface area contributed by atoms with Crippen molar-refractivity contribution in [3.05, 3.63) is 65.8 Å². The molecule has 0 fully saturated rings. The molecular formula is C22H28F2N6. The van der Waals surface area contributed by atoms with E-state index < -0.39 is 11.6 Å². The highest BCUT2D eigenvalue weighted by atomic mass is 19.1. The van der Waals surface area contributed by atoms with Crippen LogP contribution in [0.1, 0.15) is 50.7 Å². The van der Waals surface area contributed by atoms with E-state index in [1.165, 1.54) is 12.4 Å². The predicted octanol–water partition coefficient (Wildman–Crippen LogP) is 3.74. The van der Waals surface area contributed by atoms with Gasteiger partial charge in [-0.3, -0.25) is 9.58 Å². The van der Waals surface area contributed by atoms with Gasteiger partial charge in [-0.1, -0.05) is 26.8 Å². The summed E-state index contributed by atoms with van der Waals surface area (Å²) in [6.45, 7) is 11.4. The summed E-state index contributed by atoms with van der Waals surface area (Å²) in [5.74, 6) is -0.286. The Kier molecular flexibility index (Phi) is 5.44. The normalized spacial score (nSPS) is 17.0. The molecular weight excluding hydrogens is 386 g/mol. The molecule has 4 rings (SSSR count). The minimum atomic E-state index is -0.571. The summed E-state index contributed by atoms with van der Waals surface area (Å²) >= 11 is 0. The van der Waals surface area contributed by atoms with E-state index in [1.807, 2.05) is 0 Å². The average Bonchev–Trinajstić information content (AvgIpc) is 3.34. The Balaban J connectivity index is 1.61. The van der Waals surface area contributed by atoms with Crippen molar-refractivity contribution >= 4 is 0 Å². The highest BCUT2D eigenvalue weighted by Crippen LogP contribution is 2.31. The molecule has 30 heavy (non-hydrogen) atoms. The topological polar surface area (TPSA) is 51.8 Å². The Bertz CT molecular complexity index is 1010. The molecule has 8 heteroatoms. The summed E-state index contributed by atoms with van der Waals surface area (Å²) in [6, 6.07) is 3.82. The fourth-order valence-corrected chi connectivity index (χ4v) is 4.08. The smallest absolute Gasteiger partial charge is 0.137 e. The first-order chi connectivity index (χ1) is 14.2. The van der Waals surface area contributed by atoms with E-state index >= 15 is 0 Å². The molecule has 0 amide bonds. The van der Waals surface area contributed by atoms with Gasteiger partial charge in [0.1, 0.15) is 30.1 Å². The van der Waals surface area contributed by atoms with E-state index in [1.54, 1.807) is 17.1 Å². The summed E-state index contributed by atoms with van der Waals surface area (Å²) in [5, 5.41) is 4.20. The Morgan fingerprint density at radius 2 is 1.97 bits per heavy atom. The van der Waals surface area contributed by atoms with Crippen LogP contribution in [0.5, 0.6) is 0 Å². The lowest BCUT2D eigenvalue weighted by molar-refractivity contribution is 0.133. The molecule has 0 spiro atoms. The molecule has 0 saturated carbocycles. The fraction of sp³-hybridized carbons (Fsp3) is 0.500. The van der Waals surface area contributed by atoms with Crippen LogP contribution >= 0.6 is 0 Å². The van der Waals surface area contributed by atoms with Crippen LogP contribution in [0.25, 0.3) is 0 Å². The van der Waals surface area contributed by atoms with Gasteiger partial charge in [-0.05, 0) is 18.6 Å². The molecule has 1 aliphatic rings. The van der Waals surface area contributed by atoms with Gasteiger partial charge >= 0.3 is 0 Å². The van der Waals surface area contributed by atoms with E-state index in [0.717, 1.165) is 30.7 Å². The molecule has 0 saturated heterocycles. The van der Waals surface area contributed by atoms with Gasteiger partial charge in [0, 0.05) is 42.7 Å². The van der Waals surface area contributed by atoms with Crippen LogP contribution in [0.15, 0.2) is 37.1 Å². The molecule has 6 nitrogen and oxygen atoms in total. The zero-order valence-electron chi connectivity index (χ0n) is 17.9. The Labute approximate surface area is 175 Å². The zero-order chi connectivity index (χ0) is 21.5. The molecule has 1 aromatic carbocycles. The van der Waals surface area contributed by atoms with Crippen molar-refractivity contribution in [1.82, 2.24) is 29.2 Å². The molecule has 0 bridgehead atoms. The summed E-state index contributed by atoms with van der Waals surface area (Å²) in [7, 11) is 0. The van der Waals surface area contributed by atoms with Crippen molar-refractivity contribution < 1.29 is 8.78 Å². The molecule has 3 heterocycles. The predicted molar refractivity (Wildman–Crippen MR) is 110 cm³/mol. The summed E-state index contributed by atoms with van der Waals surface area (Å²) < 4.78 is 32.1. The number of imidazole rings is 1. The summed E-state index contributed by atoms with van der Waals surface area (Å²) in [4.78, 5) is 11.2. The molecule has 3 aromatic rings. The molecule has 0 radical (unpaired) electrons. The first-order valence-corrected chi connectivity index (χ1v) is 10.3. The van der Waals surface area contributed by atoms with Crippen LogP contribution in [0.2, 0.25) is 0 Å². The van der Waals surface area contributed by atoms with E-state index in [9.17, 15) is 8.78 Å². The number of hydrogen-bond acceptors (Lipinski definition) is 4. The second-order valence-electron chi connectivity index (χ2n) is 9.09. The molecule has 0 N–H and O–H groups in total. The molecule has 1 aliphatic heterocycles. The molecule has 1 unspecified atom stereocenters. The van der Waals surface area contributed by atoms with Gasteiger partial charge in [-0.2, -0.15) is 5.10 Å². The number of hydrogen-bond donors (Lipinski definition) is 0. The Morgan fingerprint density at radius 1 is 1.17 bits per heavy atom. The van der Waals surface area contributed by atoms with Gasteiger partial charge in [0.2, 0.25) is 0 Å². The van der Waals surface area contributed by atoms with Crippen molar-refractivity contribution in [3.63, 3.8) is 0 Å². The highest BCUT2D eigenvalue weighted by molar-refractivity contribution is 5.24. The molecule has 2 atom stereocenters. The van der Waals surface area contributed by atoms with Crippen LogP contribution < -0.4 is 0 Å². The Morgan fingerprint density at radius 3 is 2.63 bits per heavy atom. The van der Waals surface area contributed by atoms with Gasteiger partial charge in [0.25, 0.3) is 0 Å². The van der Waals surface area contributed by atoms with Gasteiger partial charge in [-0.15, -0.1) is 0 Å². The minimum Gasteiger partial charge on any atom is -0.332 e. The van der Waals surface area contributed by atoms with Crippen LogP contribution in [0.4, 0.5) is 8.78 Å². The van der Waals surface area contributed by atoms with Gasteiger partial charge < -0.3 is 4.57 Å². The quantitative estimate of drug-likeness (QED) is 0.638. The third kappa shape index (κ3) is 4.14. The standard InChI is InChI=1S/C22H28F2N6/c1-15(28-7-8-29-11-20(22(2,3)4)27-21(29)12-28)18(10-30-14-25-13-26-30)17-6-5-16(23)9-19(17)24/h5-6,9,11,13-15,18H,7-8,10,12H2,1-4H3/t15-,18?/m1/s1. The number of halogens is 2. The number of aromatic nitrogens is 5. The van der Waals surface area contributed by atoms with Crippen molar-refractivity contribution in [2.24, 2.45) is 0 Å². The molecule has 0 aliphatic carbocycles. The van der Waals surface area contributed by atoms with Crippen molar-refractivity contribution in [2.75, 3.05) is 6.54 Å². The maximum atomic E-state index is 14.7. The second-order valence-corrected chi connectivity index (χ2v) is 9.09. The fourth-order valence-electron chi connectivity index (χ4n) is 4.08. The van der Waals surface area contributed by atoms with Crippen LogP contribution in [-0.4, -0.2) is 41.8 Å². The minimum absolute atomic E-state index is 0.00213. The van der Waals surface area contributed by atoms with Crippen LogP contribution in [0.3, 0.4) is 0 Å². The lowest BCUT2D eigenvalue weighted by atomic mass is 9.90. The summed E-state index contributed by atoms with van der Waals surface area (Å²) in [5.41, 5.74) is 1.56. The van der Waals surface area contributed by atoms with Crippen molar-refractivity contribution in [1.29, 1.82) is 0 Å². The number of benzene rings is 1. The monoisotopic (exact) mass is 414 g/mol. The first-order valence-electron chi connectivity index (χ1n) is 10.3. The lowest BCUT2D eigenvalue weighted by Gasteiger charge is -2.37. The SMILES string of the molecule is C[C@H](C(Cn1cncn1)c1ccc(F)cc1F)N1CCn2cc(C(C)(C)C)nc2C1. The second kappa shape index (κ2) is 7.91. The first kappa shape index (κ1) is 20.7. The highest BCUT2D eigenvalue weighted by Gasteiger charge is 2.31.